The molecule has 0 bridgehead atoms. The van der Waals surface area contributed by atoms with E-state index in [0.29, 0.717) is 18.2 Å². The monoisotopic (exact) mass is 395 g/mol. The van der Waals surface area contributed by atoms with E-state index in [4.69, 9.17) is 16.6 Å². The smallest absolute Gasteiger partial charge is 0.255 e. The van der Waals surface area contributed by atoms with Crippen LogP contribution >= 0.6 is 38.2 Å². The molecule has 7 heteroatoms. The van der Waals surface area contributed by atoms with Gasteiger partial charge in [0.05, 0.1) is 33.3 Å². The number of aryl methyl sites for hydroxylation is 1. The molecule has 1 unspecified atom stereocenters. The molecule has 0 saturated carbocycles. The molecule has 0 N–H and O–H groups in total. The number of halogens is 2. The van der Waals surface area contributed by atoms with E-state index in [2.05, 4.69) is 43.9 Å². The van der Waals surface area contributed by atoms with E-state index >= 15 is 0 Å². The lowest BCUT2D eigenvalue weighted by molar-refractivity contribution is 0.575. The summed E-state index contributed by atoms with van der Waals surface area (Å²) in [4.78, 5) is 7.05. The molecule has 3 heterocycles. The number of anilines is 1. The van der Waals surface area contributed by atoms with E-state index in [1.807, 2.05) is 24.3 Å². The lowest BCUT2D eigenvalue weighted by Gasteiger charge is -2.16. The van der Waals surface area contributed by atoms with Gasteiger partial charge in [-0.3, -0.25) is 9.89 Å². The summed E-state index contributed by atoms with van der Waals surface area (Å²) in [5, 5.41) is 8.87. The molecule has 0 spiro atoms. The molecular formula is C15H13BrClN4S+. The molecule has 0 amide bonds. The van der Waals surface area contributed by atoms with Crippen LogP contribution in [0.15, 0.2) is 45.8 Å². The fourth-order valence-corrected chi connectivity index (χ4v) is 4.93. The van der Waals surface area contributed by atoms with Gasteiger partial charge >= 0.3 is 0 Å². The predicted octanol–water partition coefficient (Wildman–Crippen LogP) is 4.33. The van der Waals surface area contributed by atoms with E-state index in [0.717, 1.165) is 17.1 Å². The summed E-state index contributed by atoms with van der Waals surface area (Å²) in [5.74, 6) is 0.859. The minimum atomic E-state index is 0.0876. The van der Waals surface area contributed by atoms with Crippen LogP contribution in [0.1, 0.15) is 11.1 Å². The fraction of sp³-hybridized carbons (Fsp3) is 0.200. The van der Waals surface area contributed by atoms with Crippen molar-refractivity contribution in [2.75, 3.05) is 11.6 Å². The third-order valence-corrected chi connectivity index (χ3v) is 6.11. The molecule has 0 saturated heterocycles. The molecule has 1 aromatic carbocycles. The number of hydrazone groups is 1. The summed E-state index contributed by atoms with van der Waals surface area (Å²) in [6, 6.07) is 9.98. The summed E-state index contributed by atoms with van der Waals surface area (Å²) < 4.78 is 1.76. The van der Waals surface area contributed by atoms with Crippen LogP contribution in [0.4, 0.5) is 5.00 Å². The Morgan fingerprint density at radius 2 is 2.09 bits per heavy atom. The van der Waals surface area contributed by atoms with Gasteiger partial charge in [-0.25, -0.2) is 4.03 Å². The molecule has 0 fully saturated rings. The second kappa shape index (κ2) is 5.37. The van der Waals surface area contributed by atoms with Crippen molar-refractivity contribution < 1.29 is 0 Å². The van der Waals surface area contributed by atoms with Crippen molar-refractivity contribution in [1.82, 2.24) is 4.03 Å². The molecule has 2 aliphatic rings. The van der Waals surface area contributed by atoms with Gasteiger partial charge in [0.1, 0.15) is 24.0 Å². The number of thiophene rings is 1. The van der Waals surface area contributed by atoms with Gasteiger partial charge in [0.2, 0.25) is 0 Å². The third kappa shape index (κ3) is 2.17. The zero-order chi connectivity index (χ0) is 15.3. The fourth-order valence-electron chi connectivity index (χ4n) is 2.80. The van der Waals surface area contributed by atoms with E-state index in [-0.39, 0.29) is 10.5 Å². The number of fused-ring (bicyclic) bond motifs is 3. The van der Waals surface area contributed by atoms with Gasteiger partial charge in [-0.2, -0.15) is 0 Å². The average molecular weight is 397 g/mol. The van der Waals surface area contributed by atoms with Crippen molar-refractivity contribution in [2.45, 2.75) is 6.54 Å². The van der Waals surface area contributed by atoms with E-state index in [1.54, 1.807) is 4.03 Å². The van der Waals surface area contributed by atoms with Crippen molar-refractivity contribution in [1.29, 1.82) is 0 Å². The topological polar surface area (TPSA) is 31.2 Å². The van der Waals surface area contributed by atoms with Gasteiger partial charge in [0.25, 0.3) is 5.00 Å². The Hall–Kier alpha value is -1.37. The highest BCUT2D eigenvalue weighted by molar-refractivity contribution is 9.07. The lowest BCUT2D eigenvalue weighted by Crippen LogP contribution is -2.34. The molecule has 22 heavy (non-hydrogen) atoms. The van der Waals surface area contributed by atoms with Crippen LogP contribution < -0.4 is 4.90 Å². The lowest BCUT2D eigenvalue weighted by atomic mass is 10.1. The summed E-state index contributed by atoms with van der Waals surface area (Å²) >= 11 is 9.85. The molecule has 4 nitrogen and oxygen atoms in total. The third-order valence-electron chi connectivity index (χ3n) is 3.76. The highest BCUT2D eigenvalue weighted by Gasteiger charge is 2.37. The Bertz CT molecular complexity index is 814. The number of benzene rings is 1. The maximum absolute atomic E-state index is 6.38. The van der Waals surface area contributed by atoms with Crippen LogP contribution in [0, 0.1) is 0 Å². The van der Waals surface area contributed by atoms with Gasteiger partial charge in [0, 0.05) is 11.6 Å². The second-order valence-corrected chi connectivity index (χ2v) is 8.17. The van der Waals surface area contributed by atoms with Crippen LogP contribution in [-0.4, -0.2) is 22.3 Å². The van der Waals surface area contributed by atoms with Crippen molar-refractivity contribution in [3.63, 3.8) is 0 Å². The molecule has 0 radical (unpaired) electrons. The van der Waals surface area contributed by atoms with Crippen LogP contribution in [0.2, 0.25) is 5.02 Å². The van der Waals surface area contributed by atoms with Gasteiger partial charge in [-0.05, 0) is 16.5 Å². The first-order valence-electron chi connectivity index (χ1n) is 6.80. The van der Waals surface area contributed by atoms with Crippen LogP contribution in [-0.2, 0) is 12.8 Å². The summed E-state index contributed by atoms with van der Waals surface area (Å²) in [6.07, 6.45) is 2.23. The van der Waals surface area contributed by atoms with E-state index in [9.17, 15) is 0 Å². The zero-order valence-corrected chi connectivity index (χ0v) is 15.0. The highest BCUT2D eigenvalue weighted by atomic mass is 79.9. The van der Waals surface area contributed by atoms with Crippen LogP contribution in [0.3, 0.4) is 0 Å². The van der Waals surface area contributed by atoms with Gasteiger partial charge in [-0.1, -0.05) is 29.8 Å². The summed E-state index contributed by atoms with van der Waals surface area (Å²) in [5.41, 5.74) is 3.05. The summed E-state index contributed by atoms with van der Waals surface area (Å²) in [6.45, 7) is 1.35. The number of rotatable bonds is 1. The number of hydrogen-bond acceptors (Lipinski definition) is 4. The Kier molecular flexibility index (Phi) is 3.47. The minimum absolute atomic E-state index is 0.0876. The summed E-state index contributed by atoms with van der Waals surface area (Å²) in [7, 11) is 0.0876. The van der Waals surface area contributed by atoms with Crippen molar-refractivity contribution in [3.8, 4) is 0 Å². The van der Waals surface area contributed by atoms with E-state index < -0.39 is 0 Å². The van der Waals surface area contributed by atoms with Crippen molar-refractivity contribution in [3.05, 3.63) is 51.9 Å². The first-order valence-corrected chi connectivity index (χ1v) is 9.59. The highest BCUT2D eigenvalue weighted by Crippen LogP contribution is 2.40. The molecule has 2 aliphatic heterocycles. The van der Waals surface area contributed by atoms with Gasteiger partial charge in [0.15, 0.2) is 5.84 Å². The number of aliphatic imine (C=N–C) groups is 1. The maximum atomic E-state index is 6.38. The average Bonchev–Trinajstić information content (AvgIpc) is 3.00. The number of hydrogen-bond donors (Lipinski definition) is 0. The predicted molar refractivity (Wildman–Crippen MR) is 97.1 cm³/mol. The van der Waals surface area contributed by atoms with Gasteiger partial charge < -0.3 is 0 Å². The largest absolute Gasteiger partial charge is 0.276 e. The van der Waals surface area contributed by atoms with Crippen LogP contribution in [0.25, 0.3) is 0 Å². The van der Waals surface area contributed by atoms with Crippen LogP contribution in [0.5, 0.6) is 0 Å². The van der Waals surface area contributed by atoms with E-state index in [1.165, 1.54) is 10.6 Å². The molecule has 1 atom stereocenters. The normalized spacial score (nSPS) is 17.7. The standard InChI is InChI=1S/C15H13BrClN4S/c1-22-7-6-10-8-18-13(11-4-2-3-5-12(11)17)14-19-21(16)9-20(14)15(10)22/h2-7H,8-9H2,1H3/q+1. The number of amidine groups is 1. The Morgan fingerprint density at radius 3 is 2.91 bits per heavy atom. The number of nitrogens with zero attached hydrogens (tertiary/aromatic N) is 4. The Morgan fingerprint density at radius 1 is 1.27 bits per heavy atom. The molecule has 4 rings (SSSR count). The first-order chi connectivity index (χ1) is 10.6. The SMILES string of the molecule is C[s+]1ccc2c1N1CN(Br)N=C1C(c1ccccc1Cl)=NC2. The molecule has 1 aromatic heterocycles. The van der Waals surface area contributed by atoms with Crippen molar-refractivity contribution >= 4 is 54.8 Å². The Balaban J connectivity index is 1.90. The van der Waals surface area contributed by atoms with Gasteiger partial charge in [-0.15, -0.1) is 5.10 Å². The quantitative estimate of drug-likeness (QED) is 0.530. The molecule has 112 valence electrons. The molecular weight excluding hydrogens is 384 g/mol. The molecule has 0 aliphatic carbocycles. The zero-order valence-electron chi connectivity index (χ0n) is 11.8. The Labute approximate surface area is 145 Å². The first kappa shape index (κ1) is 14.2. The maximum Gasteiger partial charge on any atom is 0.255 e. The minimum Gasteiger partial charge on any atom is -0.276 e. The molecule has 2 aromatic rings. The second-order valence-electron chi connectivity index (χ2n) is 5.17. The van der Waals surface area contributed by atoms with Crippen molar-refractivity contribution in [2.24, 2.45) is 16.3 Å².